The molecule has 2 aromatic rings. The molecule has 0 bridgehead atoms. The highest BCUT2D eigenvalue weighted by atomic mass is 35.5. The molecule has 4 rings (SSSR count). The van der Waals surface area contributed by atoms with E-state index >= 15 is 0 Å². The van der Waals surface area contributed by atoms with Crippen LogP contribution >= 0.6 is 12.4 Å². The van der Waals surface area contributed by atoms with E-state index in [1.807, 2.05) is 18.5 Å². The summed E-state index contributed by atoms with van der Waals surface area (Å²) in [5.74, 6) is 0.770. The molecule has 2 nitrogen and oxygen atoms in total. The number of aromatic nitrogens is 1. The number of pyridine rings is 1. The Labute approximate surface area is 163 Å². The Kier molecular flexibility index (Phi) is 6.65. The van der Waals surface area contributed by atoms with Gasteiger partial charge in [-0.3, -0.25) is 9.88 Å². The molecule has 1 aliphatic carbocycles. The molecular formula is C23H27ClN2. The van der Waals surface area contributed by atoms with E-state index in [-0.39, 0.29) is 12.4 Å². The fraction of sp³-hybridized carbons (Fsp3) is 0.348. The van der Waals surface area contributed by atoms with Crippen molar-refractivity contribution in [1.29, 1.82) is 0 Å². The van der Waals surface area contributed by atoms with Crippen LogP contribution in [0.25, 0.3) is 11.1 Å². The quantitative estimate of drug-likeness (QED) is 0.712. The van der Waals surface area contributed by atoms with Gasteiger partial charge in [0.15, 0.2) is 0 Å². The van der Waals surface area contributed by atoms with Crippen LogP contribution in [0.4, 0.5) is 0 Å². The Balaban J connectivity index is 0.00000196. The summed E-state index contributed by atoms with van der Waals surface area (Å²) in [7, 11) is 0. The van der Waals surface area contributed by atoms with Gasteiger partial charge in [-0.1, -0.05) is 48.6 Å². The van der Waals surface area contributed by atoms with Crippen LogP contribution in [-0.2, 0) is 0 Å². The molecule has 0 radical (unpaired) electrons. The molecule has 1 aliphatic heterocycles. The topological polar surface area (TPSA) is 16.1 Å². The number of allylic oxidation sites excluding steroid dienone is 2. The predicted molar refractivity (Wildman–Crippen MR) is 112 cm³/mol. The summed E-state index contributed by atoms with van der Waals surface area (Å²) < 4.78 is 0. The summed E-state index contributed by atoms with van der Waals surface area (Å²) >= 11 is 0. The third kappa shape index (κ3) is 4.63. The lowest BCUT2D eigenvalue weighted by Crippen LogP contribution is -2.33. The normalized spacial score (nSPS) is 20.7. The first-order valence-corrected chi connectivity index (χ1v) is 9.45. The van der Waals surface area contributed by atoms with E-state index in [9.17, 15) is 0 Å². The zero-order valence-electron chi connectivity index (χ0n) is 15.2. The van der Waals surface area contributed by atoms with Gasteiger partial charge in [0.05, 0.1) is 0 Å². The van der Waals surface area contributed by atoms with Crippen LogP contribution in [0.5, 0.6) is 0 Å². The van der Waals surface area contributed by atoms with Crippen LogP contribution in [-0.4, -0.2) is 29.5 Å². The van der Waals surface area contributed by atoms with Crippen molar-refractivity contribution in [2.75, 3.05) is 19.6 Å². The molecule has 1 aromatic heterocycles. The number of hydrogen-bond donors (Lipinski definition) is 0. The van der Waals surface area contributed by atoms with Gasteiger partial charge in [-0.05, 0) is 59.9 Å². The maximum atomic E-state index is 4.28. The van der Waals surface area contributed by atoms with Crippen molar-refractivity contribution in [2.24, 2.45) is 5.92 Å². The van der Waals surface area contributed by atoms with Crippen molar-refractivity contribution in [1.82, 2.24) is 9.88 Å². The number of benzene rings is 1. The van der Waals surface area contributed by atoms with Crippen LogP contribution in [0.2, 0.25) is 0 Å². The Morgan fingerprint density at radius 3 is 2.54 bits per heavy atom. The Hall–Kier alpha value is -1.90. The maximum absolute atomic E-state index is 4.28. The second kappa shape index (κ2) is 9.16. The lowest BCUT2D eigenvalue weighted by Gasteiger charge is -2.32. The average Bonchev–Trinajstić information content (AvgIpc) is 2.70. The minimum absolute atomic E-state index is 0. The molecule has 26 heavy (non-hydrogen) atoms. The molecule has 0 fully saturated rings. The first kappa shape index (κ1) is 18.9. The van der Waals surface area contributed by atoms with Gasteiger partial charge in [0.25, 0.3) is 0 Å². The summed E-state index contributed by atoms with van der Waals surface area (Å²) in [6.45, 7) is 3.49. The van der Waals surface area contributed by atoms with E-state index in [4.69, 9.17) is 0 Å². The molecule has 0 saturated heterocycles. The van der Waals surface area contributed by atoms with Crippen molar-refractivity contribution < 1.29 is 0 Å². The first-order chi connectivity index (χ1) is 12.4. The Morgan fingerprint density at radius 1 is 0.962 bits per heavy atom. The lowest BCUT2D eigenvalue weighted by atomic mass is 9.85. The van der Waals surface area contributed by atoms with Gasteiger partial charge in [-0.25, -0.2) is 0 Å². The zero-order valence-corrected chi connectivity index (χ0v) is 16.0. The fourth-order valence-electron chi connectivity index (χ4n) is 4.09. The van der Waals surface area contributed by atoms with Crippen LogP contribution in [0.15, 0.2) is 67.0 Å². The molecule has 136 valence electrons. The van der Waals surface area contributed by atoms with E-state index in [0.29, 0.717) is 0 Å². The second-order valence-corrected chi connectivity index (χ2v) is 7.22. The molecule has 0 N–H and O–H groups in total. The summed E-state index contributed by atoms with van der Waals surface area (Å²) in [6.07, 6.45) is 13.6. The van der Waals surface area contributed by atoms with Crippen LogP contribution in [0.3, 0.4) is 0 Å². The molecule has 1 aromatic carbocycles. The molecule has 0 unspecified atom stereocenters. The molecular weight excluding hydrogens is 340 g/mol. The van der Waals surface area contributed by atoms with E-state index in [1.54, 1.807) is 0 Å². The number of hydrogen-bond acceptors (Lipinski definition) is 2. The third-order valence-corrected chi connectivity index (χ3v) is 5.46. The smallest absolute Gasteiger partial charge is 0.0342 e. The fourth-order valence-corrected chi connectivity index (χ4v) is 4.09. The summed E-state index contributed by atoms with van der Waals surface area (Å²) in [5, 5.41) is 0. The molecule has 3 heteroatoms. The molecule has 0 amide bonds. The minimum Gasteiger partial charge on any atom is -0.299 e. The maximum Gasteiger partial charge on any atom is 0.0342 e. The van der Waals surface area contributed by atoms with Crippen molar-refractivity contribution in [3.8, 4) is 0 Å². The zero-order chi connectivity index (χ0) is 16.9. The van der Waals surface area contributed by atoms with E-state index < -0.39 is 0 Å². The summed E-state index contributed by atoms with van der Waals surface area (Å²) in [4.78, 5) is 6.91. The monoisotopic (exact) mass is 366 g/mol. The van der Waals surface area contributed by atoms with Gasteiger partial charge < -0.3 is 0 Å². The Morgan fingerprint density at radius 2 is 1.81 bits per heavy atom. The summed E-state index contributed by atoms with van der Waals surface area (Å²) in [5.41, 5.74) is 5.69. The molecule has 2 aliphatic rings. The van der Waals surface area contributed by atoms with E-state index in [2.05, 4.69) is 58.4 Å². The SMILES string of the molecule is C1=C(c2ccccc2)CCN(C[C@@H]2CCC=C(c3cccnc3)C2)C1.Cl. The highest BCUT2D eigenvalue weighted by Gasteiger charge is 2.21. The number of halogens is 1. The van der Waals surface area contributed by atoms with E-state index in [0.717, 1.165) is 12.5 Å². The largest absolute Gasteiger partial charge is 0.299 e. The molecule has 1 atom stereocenters. The van der Waals surface area contributed by atoms with Gasteiger partial charge in [0, 0.05) is 32.0 Å². The predicted octanol–water partition coefficient (Wildman–Crippen LogP) is 5.48. The van der Waals surface area contributed by atoms with Crippen molar-refractivity contribution in [2.45, 2.75) is 25.7 Å². The second-order valence-electron chi connectivity index (χ2n) is 7.22. The van der Waals surface area contributed by atoms with Crippen molar-refractivity contribution in [3.05, 3.63) is 78.1 Å². The van der Waals surface area contributed by atoms with Gasteiger partial charge >= 0.3 is 0 Å². The average molecular weight is 367 g/mol. The van der Waals surface area contributed by atoms with Gasteiger partial charge in [-0.15, -0.1) is 12.4 Å². The summed E-state index contributed by atoms with van der Waals surface area (Å²) in [6, 6.07) is 15.1. The van der Waals surface area contributed by atoms with Crippen molar-refractivity contribution >= 4 is 23.6 Å². The highest BCUT2D eigenvalue weighted by Crippen LogP contribution is 2.32. The van der Waals surface area contributed by atoms with Gasteiger partial charge in [0.1, 0.15) is 0 Å². The third-order valence-electron chi connectivity index (χ3n) is 5.46. The number of rotatable bonds is 4. The van der Waals surface area contributed by atoms with Crippen LogP contribution in [0.1, 0.15) is 36.8 Å². The molecule has 2 heterocycles. The standard InChI is InChI=1S/C23H26N2.ClH/c1-2-7-20(8-3-1)21-11-14-25(15-12-21)18-19-6-4-9-22(16-19)23-10-5-13-24-17-23;/h1-3,5,7-11,13,17,19H,4,6,12,14-16,18H2;1H/t19-;/m1./s1. The number of nitrogens with zero attached hydrogens (tertiary/aromatic N) is 2. The minimum atomic E-state index is 0. The van der Waals surface area contributed by atoms with Crippen molar-refractivity contribution in [3.63, 3.8) is 0 Å². The van der Waals surface area contributed by atoms with Crippen LogP contribution < -0.4 is 0 Å². The molecule has 0 saturated carbocycles. The van der Waals surface area contributed by atoms with Crippen LogP contribution in [0, 0.1) is 5.92 Å². The highest BCUT2D eigenvalue weighted by molar-refractivity contribution is 5.85. The van der Waals surface area contributed by atoms with E-state index in [1.165, 1.54) is 61.0 Å². The van der Waals surface area contributed by atoms with Gasteiger partial charge in [-0.2, -0.15) is 0 Å². The lowest BCUT2D eigenvalue weighted by molar-refractivity contribution is 0.244. The first-order valence-electron chi connectivity index (χ1n) is 9.45. The molecule has 0 spiro atoms. The Bertz CT molecular complexity index is 752. The van der Waals surface area contributed by atoms with Gasteiger partial charge in [0.2, 0.25) is 0 Å².